The van der Waals surface area contributed by atoms with E-state index in [1.165, 1.54) is 23.9 Å². The van der Waals surface area contributed by atoms with Crippen LogP contribution in [0.1, 0.15) is 18.1 Å². The fraction of sp³-hybridized carbons (Fsp3) is 0.158. The van der Waals surface area contributed by atoms with Gasteiger partial charge in [0.15, 0.2) is 0 Å². The zero-order chi connectivity index (χ0) is 18.7. The van der Waals surface area contributed by atoms with E-state index >= 15 is 0 Å². The monoisotopic (exact) mass is 407 g/mol. The van der Waals surface area contributed by atoms with Crippen molar-refractivity contribution in [2.75, 3.05) is 6.54 Å². The van der Waals surface area contributed by atoms with Crippen LogP contribution >= 0.6 is 35.6 Å². The van der Waals surface area contributed by atoms with Crippen molar-refractivity contribution in [3.8, 4) is 5.75 Å². The van der Waals surface area contributed by atoms with Crippen LogP contribution in [-0.2, 0) is 11.4 Å². The minimum atomic E-state index is -0.308. The quantitative estimate of drug-likeness (QED) is 0.498. The van der Waals surface area contributed by atoms with Crippen LogP contribution in [0.4, 0.5) is 4.39 Å². The summed E-state index contributed by atoms with van der Waals surface area (Å²) >= 11 is 12.8. The fourth-order valence-electron chi connectivity index (χ4n) is 2.44. The maximum atomic E-state index is 13.2. The third kappa shape index (κ3) is 4.26. The van der Waals surface area contributed by atoms with Crippen molar-refractivity contribution >= 4 is 51.9 Å². The lowest BCUT2D eigenvalue weighted by atomic mass is 10.2. The number of halogens is 2. The Labute approximate surface area is 165 Å². The average molecular weight is 408 g/mol. The summed E-state index contributed by atoms with van der Waals surface area (Å²) in [6, 6.07) is 11.5. The molecule has 3 nitrogen and oxygen atoms in total. The van der Waals surface area contributed by atoms with E-state index in [1.54, 1.807) is 35.2 Å². The van der Waals surface area contributed by atoms with Gasteiger partial charge in [0, 0.05) is 6.54 Å². The number of benzene rings is 2. The average Bonchev–Trinajstić information content (AvgIpc) is 2.87. The molecule has 0 aromatic heterocycles. The summed E-state index contributed by atoms with van der Waals surface area (Å²) in [5.74, 6) is 0.0937. The predicted molar refractivity (Wildman–Crippen MR) is 108 cm³/mol. The molecule has 0 N–H and O–H groups in total. The highest BCUT2D eigenvalue weighted by Crippen LogP contribution is 2.34. The van der Waals surface area contributed by atoms with E-state index in [-0.39, 0.29) is 18.3 Å². The number of ether oxygens (including phenoxy) is 1. The van der Waals surface area contributed by atoms with Crippen molar-refractivity contribution in [1.29, 1.82) is 0 Å². The normalized spacial score (nSPS) is 15.8. The van der Waals surface area contributed by atoms with E-state index in [4.69, 9.17) is 28.6 Å². The van der Waals surface area contributed by atoms with Crippen molar-refractivity contribution < 1.29 is 13.9 Å². The first-order valence-electron chi connectivity index (χ1n) is 7.90. The van der Waals surface area contributed by atoms with Crippen molar-refractivity contribution in [2.45, 2.75) is 13.5 Å². The second-order valence-corrected chi connectivity index (χ2v) is 7.62. The van der Waals surface area contributed by atoms with Crippen LogP contribution < -0.4 is 4.74 Å². The third-order valence-electron chi connectivity index (χ3n) is 3.73. The van der Waals surface area contributed by atoms with Crippen LogP contribution in [0.25, 0.3) is 6.08 Å². The molecule has 1 saturated heterocycles. The number of nitrogens with zero attached hydrogens (tertiary/aromatic N) is 1. The van der Waals surface area contributed by atoms with Gasteiger partial charge in [0.05, 0.1) is 9.93 Å². The standard InChI is InChI=1S/C19H15ClFNO2S2/c1-2-22-18(23)17(26-19(22)25)10-12-6-7-16(15(20)9-12)24-11-13-4-3-5-14(21)8-13/h3-10H,2,11H2,1H3/b17-10-. The molecule has 0 atom stereocenters. The molecule has 3 rings (SSSR count). The van der Waals surface area contributed by atoms with Gasteiger partial charge in [-0.05, 0) is 48.4 Å². The first kappa shape index (κ1) is 18.9. The Morgan fingerprint density at radius 1 is 1.31 bits per heavy atom. The predicted octanol–water partition coefficient (Wildman–Crippen LogP) is 5.28. The Morgan fingerprint density at radius 3 is 2.77 bits per heavy atom. The second kappa shape index (κ2) is 8.20. The summed E-state index contributed by atoms with van der Waals surface area (Å²) < 4.78 is 19.4. The molecule has 1 amide bonds. The zero-order valence-corrected chi connectivity index (χ0v) is 16.3. The Bertz CT molecular complexity index is 901. The third-order valence-corrected chi connectivity index (χ3v) is 5.40. The number of rotatable bonds is 5. The summed E-state index contributed by atoms with van der Waals surface area (Å²) in [5, 5.41) is 0.418. The van der Waals surface area contributed by atoms with Gasteiger partial charge >= 0.3 is 0 Å². The number of thioether (sulfide) groups is 1. The molecule has 0 aliphatic carbocycles. The van der Waals surface area contributed by atoms with Crippen LogP contribution in [0.2, 0.25) is 5.02 Å². The molecular formula is C19H15ClFNO2S2. The SMILES string of the molecule is CCN1C(=O)/C(=C/c2ccc(OCc3cccc(F)c3)c(Cl)c2)SC1=S. The highest BCUT2D eigenvalue weighted by molar-refractivity contribution is 8.26. The van der Waals surface area contributed by atoms with Gasteiger partial charge in [0.2, 0.25) is 0 Å². The van der Waals surface area contributed by atoms with Crippen LogP contribution in [0.3, 0.4) is 0 Å². The highest BCUT2D eigenvalue weighted by atomic mass is 35.5. The Morgan fingerprint density at radius 2 is 2.12 bits per heavy atom. The van der Waals surface area contributed by atoms with E-state index in [1.807, 2.05) is 13.0 Å². The van der Waals surface area contributed by atoms with Crippen LogP contribution in [0, 0.1) is 5.82 Å². The lowest BCUT2D eigenvalue weighted by molar-refractivity contribution is -0.121. The molecule has 26 heavy (non-hydrogen) atoms. The molecule has 1 aliphatic heterocycles. The number of likely N-dealkylation sites (N-methyl/N-ethyl adjacent to an activating group) is 1. The molecule has 2 aromatic carbocycles. The fourth-order valence-corrected chi connectivity index (χ4v) is 4.06. The summed E-state index contributed by atoms with van der Waals surface area (Å²) in [7, 11) is 0. The number of carbonyl (C=O) groups is 1. The Kier molecular flexibility index (Phi) is 5.96. The molecule has 0 spiro atoms. The summed E-state index contributed by atoms with van der Waals surface area (Å²) in [6.45, 7) is 2.65. The van der Waals surface area contributed by atoms with E-state index in [0.29, 0.717) is 32.1 Å². The first-order chi connectivity index (χ1) is 12.5. The van der Waals surface area contributed by atoms with Gasteiger partial charge in [-0.3, -0.25) is 9.69 Å². The van der Waals surface area contributed by atoms with Crippen LogP contribution in [0.5, 0.6) is 5.75 Å². The number of hydrogen-bond donors (Lipinski definition) is 0. The molecule has 0 unspecified atom stereocenters. The number of hydrogen-bond acceptors (Lipinski definition) is 4. The lowest BCUT2D eigenvalue weighted by Gasteiger charge is -2.10. The van der Waals surface area contributed by atoms with Gasteiger partial charge in [0.1, 0.15) is 22.5 Å². The largest absolute Gasteiger partial charge is 0.487 e. The molecule has 7 heteroatoms. The van der Waals surface area contributed by atoms with Crippen molar-refractivity contribution in [3.63, 3.8) is 0 Å². The number of carbonyl (C=O) groups excluding carboxylic acids is 1. The van der Waals surface area contributed by atoms with E-state index in [9.17, 15) is 9.18 Å². The summed E-state index contributed by atoms with van der Waals surface area (Å²) in [4.78, 5) is 14.4. The first-order valence-corrected chi connectivity index (χ1v) is 9.50. The summed E-state index contributed by atoms with van der Waals surface area (Å²) in [6.07, 6.45) is 1.76. The van der Waals surface area contributed by atoms with Crippen molar-refractivity contribution in [1.82, 2.24) is 4.90 Å². The van der Waals surface area contributed by atoms with Gasteiger partial charge in [-0.2, -0.15) is 0 Å². The molecule has 2 aromatic rings. The molecular weight excluding hydrogens is 393 g/mol. The molecule has 1 aliphatic rings. The topological polar surface area (TPSA) is 29.5 Å². The van der Waals surface area contributed by atoms with Gasteiger partial charge in [-0.15, -0.1) is 0 Å². The summed E-state index contributed by atoms with van der Waals surface area (Å²) in [5.41, 5.74) is 1.50. The van der Waals surface area contributed by atoms with Gasteiger partial charge in [-0.1, -0.05) is 53.8 Å². The van der Waals surface area contributed by atoms with E-state index in [2.05, 4.69) is 0 Å². The molecule has 0 bridgehead atoms. The molecule has 134 valence electrons. The zero-order valence-electron chi connectivity index (χ0n) is 13.9. The maximum Gasteiger partial charge on any atom is 0.266 e. The minimum absolute atomic E-state index is 0.0925. The van der Waals surface area contributed by atoms with E-state index < -0.39 is 0 Å². The molecule has 0 saturated carbocycles. The van der Waals surface area contributed by atoms with Crippen LogP contribution in [0.15, 0.2) is 47.4 Å². The minimum Gasteiger partial charge on any atom is -0.487 e. The Balaban J connectivity index is 1.73. The van der Waals surface area contributed by atoms with Crippen LogP contribution in [-0.4, -0.2) is 21.7 Å². The van der Waals surface area contributed by atoms with Gasteiger partial charge < -0.3 is 4.74 Å². The van der Waals surface area contributed by atoms with Crippen molar-refractivity contribution in [2.24, 2.45) is 0 Å². The van der Waals surface area contributed by atoms with Gasteiger partial charge in [0.25, 0.3) is 5.91 Å². The van der Waals surface area contributed by atoms with Crippen molar-refractivity contribution in [3.05, 3.63) is 69.3 Å². The Hall–Kier alpha value is -1.89. The van der Waals surface area contributed by atoms with Gasteiger partial charge in [-0.25, -0.2) is 4.39 Å². The number of thiocarbonyl (C=S) groups is 1. The molecule has 0 radical (unpaired) electrons. The molecule has 1 heterocycles. The second-order valence-electron chi connectivity index (χ2n) is 5.53. The lowest BCUT2D eigenvalue weighted by Crippen LogP contribution is -2.27. The molecule has 1 fully saturated rings. The number of amides is 1. The highest BCUT2D eigenvalue weighted by Gasteiger charge is 2.30. The van der Waals surface area contributed by atoms with E-state index in [0.717, 1.165) is 5.56 Å². The smallest absolute Gasteiger partial charge is 0.266 e. The maximum absolute atomic E-state index is 13.2.